The van der Waals surface area contributed by atoms with E-state index >= 15 is 0 Å². The van der Waals surface area contributed by atoms with Crippen LogP contribution in [0, 0.1) is 19.8 Å². The van der Waals surface area contributed by atoms with E-state index in [9.17, 15) is 4.79 Å². The molecule has 1 aromatic heterocycles. The van der Waals surface area contributed by atoms with Gasteiger partial charge in [0.25, 0.3) is 0 Å². The maximum absolute atomic E-state index is 11.7. The first-order valence-electron chi connectivity index (χ1n) is 6.27. The van der Waals surface area contributed by atoms with E-state index < -0.39 is 0 Å². The maximum Gasteiger partial charge on any atom is 0.323 e. The molecule has 0 aromatic carbocycles. The number of aryl methyl sites for hydroxylation is 2. The lowest BCUT2D eigenvalue weighted by molar-refractivity contribution is -0.144. The number of carbonyl (C=O) groups is 1. The minimum absolute atomic E-state index is 0.154. The molecule has 0 saturated heterocycles. The number of hydrogen-bond donors (Lipinski definition) is 1. The number of nitrogens with one attached hydrogen (secondary N) is 1. The molecule has 1 rings (SSSR count). The van der Waals surface area contributed by atoms with Crippen LogP contribution in [0.3, 0.4) is 0 Å². The predicted molar refractivity (Wildman–Crippen MR) is 76.0 cm³/mol. The summed E-state index contributed by atoms with van der Waals surface area (Å²) in [6.45, 7) is 10.4. The van der Waals surface area contributed by atoms with E-state index in [0.29, 0.717) is 0 Å². The molecule has 1 heterocycles. The highest BCUT2D eigenvalue weighted by Crippen LogP contribution is 2.27. The van der Waals surface area contributed by atoms with Gasteiger partial charge >= 0.3 is 5.97 Å². The molecule has 2 atom stereocenters. The van der Waals surface area contributed by atoms with Crippen LogP contribution in [0.4, 0.5) is 0 Å². The van der Waals surface area contributed by atoms with Crippen LogP contribution in [0.5, 0.6) is 0 Å². The lowest BCUT2D eigenvalue weighted by Gasteiger charge is -2.24. The third-order valence-electron chi connectivity index (χ3n) is 3.10. The summed E-state index contributed by atoms with van der Waals surface area (Å²) in [5.74, 6) is 0.0152. The minimum Gasteiger partial charge on any atom is -0.468 e. The Balaban J connectivity index is 2.81. The molecule has 0 bridgehead atoms. The Morgan fingerprint density at radius 2 is 1.94 bits per heavy atom. The summed E-state index contributed by atoms with van der Waals surface area (Å²) in [6.07, 6.45) is 0. The average Bonchev–Trinajstić information content (AvgIpc) is 2.63. The SMILES string of the molecule is COC(=O)[C@H](NC(C)c1cc(C)sc1C)C(C)C. The van der Waals surface area contributed by atoms with Gasteiger partial charge in [0, 0.05) is 15.8 Å². The molecule has 18 heavy (non-hydrogen) atoms. The van der Waals surface area contributed by atoms with Crippen LogP contribution in [-0.4, -0.2) is 19.1 Å². The number of hydrogen-bond acceptors (Lipinski definition) is 4. The Labute approximate surface area is 114 Å². The summed E-state index contributed by atoms with van der Waals surface area (Å²) < 4.78 is 4.85. The van der Waals surface area contributed by atoms with Crippen molar-refractivity contribution >= 4 is 17.3 Å². The van der Waals surface area contributed by atoms with Gasteiger partial charge in [-0.15, -0.1) is 11.3 Å². The van der Waals surface area contributed by atoms with Crippen LogP contribution < -0.4 is 5.32 Å². The monoisotopic (exact) mass is 269 g/mol. The molecule has 0 fully saturated rings. The van der Waals surface area contributed by atoms with Gasteiger partial charge in [-0.1, -0.05) is 13.8 Å². The molecule has 0 aliphatic rings. The number of ether oxygens (including phenoxy) is 1. The van der Waals surface area contributed by atoms with E-state index in [1.54, 1.807) is 11.3 Å². The lowest BCUT2D eigenvalue weighted by atomic mass is 10.0. The van der Waals surface area contributed by atoms with E-state index in [2.05, 4.69) is 32.2 Å². The molecular formula is C14H23NO2S. The van der Waals surface area contributed by atoms with Crippen LogP contribution in [0.15, 0.2) is 6.07 Å². The quantitative estimate of drug-likeness (QED) is 0.834. The Morgan fingerprint density at radius 3 is 2.33 bits per heavy atom. The Kier molecular flexibility index (Phi) is 5.35. The molecule has 0 amide bonds. The summed E-state index contributed by atoms with van der Waals surface area (Å²) in [5.41, 5.74) is 1.27. The summed E-state index contributed by atoms with van der Waals surface area (Å²) in [7, 11) is 1.43. The Hall–Kier alpha value is -0.870. The zero-order valence-corrected chi connectivity index (χ0v) is 12.9. The topological polar surface area (TPSA) is 38.3 Å². The zero-order valence-electron chi connectivity index (χ0n) is 12.0. The summed E-state index contributed by atoms with van der Waals surface area (Å²) in [6, 6.07) is 2.08. The summed E-state index contributed by atoms with van der Waals surface area (Å²) in [4.78, 5) is 14.3. The normalized spacial score (nSPS) is 14.6. The van der Waals surface area contributed by atoms with Crippen molar-refractivity contribution in [2.75, 3.05) is 7.11 Å². The molecule has 3 nitrogen and oxygen atoms in total. The highest BCUT2D eigenvalue weighted by molar-refractivity contribution is 7.12. The average molecular weight is 269 g/mol. The number of thiophene rings is 1. The van der Waals surface area contributed by atoms with Crippen LogP contribution in [0.2, 0.25) is 0 Å². The van der Waals surface area contributed by atoms with Crippen LogP contribution in [0.1, 0.15) is 42.1 Å². The molecule has 0 saturated carbocycles. The number of rotatable bonds is 5. The van der Waals surface area contributed by atoms with Crippen molar-refractivity contribution in [2.45, 2.75) is 46.7 Å². The second-order valence-electron chi connectivity index (χ2n) is 5.00. The van der Waals surface area contributed by atoms with Crippen molar-refractivity contribution in [1.29, 1.82) is 0 Å². The molecular weight excluding hydrogens is 246 g/mol. The van der Waals surface area contributed by atoms with E-state index in [-0.39, 0.29) is 24.0 Å². The molecule has 0 radical (unpaired) electrons. The number of carbonyl (C=O) groups excluding carboxylic acids is 1. The summed E-state index contributed by atoms with van der Waals surface area (Å²) >= 11 is 1.79. The zero-order chi connectivity index (χ0) is 13.9. The van der Waals surface area contributed by atoms with Crippen LogP contribution >= 0.6 is 11.3 Å². The molecule has 0 aliphatic heterocycles. The largest absolute Gasteiger partial charge is 0.468 e. The van der Waals surface area contributed by atoms with Gasteiger partial charge in [0.05, 0.1) is 7.11 Å². The molecule has 4 heteroatoms. The minimum atomic E-state index is -0.260. The van der Waals surface area contributed by atoms with E-state index in [4.69, 9.17) is 4.74 Å². The van der Waals surface area contributed by atoms with Crippen molar-refractivity contribution in [2.24, 2.45) is 5.92 Å². The lowest BCUT2D eigenvalue weighted by Crippen LogP contribution is -2.43. The Morgan fingerprint density at radius 1 is 1.33 bits per heavy atom. The molecule has 0 aliphatic carbocycles. The van der Waals surface area contributed by atoms with Gasteiger partial charge < -0.3 is 4.74 Å². The van der Waals surface area contributed by atoms with Gasteiger partial charge in [0.1, 0.15) is 6.04 Å². The van der Waals surface area contributed by atoms with Gasteiger partial charge in [-0.05, 0) is 38.3 Å². The first-order chi connectivity index (χ1) is 8.36. The standard InChI is InChI=1S/C14H23NO2S/c1-8(2)13(14(16)17-6)15-10(4)12-7-9(3)18-11(12)5/h7-8,10,13,15H,1-6H3/t10?,13-/m1/s1. The fraction of sp³-hybridized carbons (Fsp3) is 0.643. The van der Waals surface area contributed by atoms with Gasteiger partial charge in [0.15, 0.2) is 0 Å². The van der Waals surface area contributed by atoms with E-state index in [0.717, 1.165) is 0 Å². The van der Waals surface area contributed by atoms with Gasteiger partial charge in [-0.25, -0.2) is 0 Å². The van der Waals surface area contributed by atoms with Crippen molar-refractivity contribution in [3.05, 3.63) is 21.4 Å². The van der Waals surface area contributed by atoms with Gasteiger partial charge in [-0.2, -0.15) is 0 Å². The molecule has 1 aromatic rings. The van der Waals surface area contributed by atoms with Gasteiger partial charge in [0.2, 0.25) is 0 Å². The third-order valence-corrected chi connectivity index (χ3v) is 4.08. The third kappa shape index (κ3) is 3.56. The molecule has 102 valence electrons. The Bertz CT molecular complexity index is 412. The second kappa shape index (κ2) is 6.34. The van der Waals surface area contributed by atoms with Crippen molar-refractivity contribution < 1.29 is 9.53 Å². The number of esters is 1. The molecule has 0 spiro atoms. The highest BCUT2D eigenvalue weighted by Gasteiger charge is 2.25. The van der Waals surface area contributed by atoms with E-state index in [1.165, 1.54) is 22.4 Å². The van der Waals surface area contributed by atoms with Crippen LogP contribution in [0.25, 0.3) is 0 Å². The first kappa shape index (κ1) is 15.2. The van der Waals surface area contributed by atoms with Crippen molar-refractivity contribution in [1.82, 2.24) is 5.32 Å². The summed E-state index contributed by atoms with van der Waals surface area (Å²) in [5, 5.41) is 3.37. The van der Waals surface area contributed by atoms with Crippen LogP contribution in [-0.2, 0) is 9.53 Å². The highest BCUT2D eigenvalue weighted by atomic mass is 32.1. The van der Waals surface area contributed by atoms with E-state index in [1.807, 2.05) is 13.8 Å². The van der Waals surface area contributed by atoms with Gasteiger partial charge in [-0.3, -0.25) is 10.1 Å². The maximum atomic E-state index is 11.7. The predicted octanol–water partition coefficient (Wildman–Crippen LogP) is 3.21. The molecule has 1 N–H and O–H groups in total. The fourth-order valence-corrected chi connectivity index (χ4v) is 3.12. The van der Waals surface area contributed by atoms with Crippen molar-refractivity contribution in [3.8, 4) is 0 Å². The first-order valence-corrected chi connectivity index (χ1v) is 7.09. The molecule has 1 unspecified atom stereocenters. The second-order valence-corrected chi connectivity index (χ2v) is 6.46. The number of methoxy groups -OCH3 is 1. The smallest absolute Gasteiger partial charge is 0.323 e. The fourth-order valence-electron chi connectivity index (χ4n) is 2.10. The van der Waals surface area contributed by atoms with Crippen molar-refractivity contribution in [3.63, 3.8) is 0 Å².